The van der Waals surface area contributed by atoms with Crippen LogP contribution < -0.4 is 15.8 Å². The summed E-state index contributed by atoms with van der Waals surface area (Å²) in [5.74, 6) is 0.926. The van der Waals surface area contributed by atoms with Gasteiger partial charge in [0.05, 0.1) is 11.1 Å². The number of hydrogen-bond acceptors (Lipinski definition) is 3. The van der Waals surface area contributed by atoms with E-state index in [4.69, 9.17) is 10.5 Å². The van der Waals surface area contributed by atoms with E-state index in [-0.39, 0.29) is 24.4 Å². The van der Waals surface area contributed by atoms with Crippen LogP contribution in [0.4, 0.5) is 5.69 Å². The maximum absolute atomic E-state index is 12.2. The fourth-order valence-electron chi connectivity index (χ4n) is 3.12. The van der Waals surface area contributed by atoms with Crippen LogP contribution in [0.3, 0.4) is 0 Å². The first-order valence-electron chi connectivity index (χ1n) is 6.72. The minimum atomic E-state index is -0.540. The van der Waals surface area contributed by atoms with E-state index in [1.165, 1.54) is 11.1 Å². The minimum Gasteiger partial charge on any atom is -0.488 e. The highest BCUT2D eigenvalue weighted by Crippen LogP contribution is 2.50. The molecule has 0 bridgehead atoms. The van der Waals surface area contributed by atoms with Gasteiger partial charge in [0.15, 0.2) is 0 Å². The number of anilines is 1. The summed E-state index contributed by atoms with van der Waals surface area (Å²) in [5.41, 5.74) is 10.7. The second-order valence-electron chi connectivity index (χ2n) is 6.07. The zero-order valence-corrected chi connectivity index (χ0v) is 13.1. The second-order valence-corrected chi connectivity index (χ2v) is 6.07. The SMILES string of the molecule is Cc1c(C)c2c(c3c1CC(CN)O3)C(C)(C)C(=O)N2.Cl. The molecule has 5 heteroatoms. The van der Waals surface area contributed by atoms with E-state index < -0.39 is 5.41 Å². The Hall–Kier alpha value is -1.26. The number of carbonyl (C=O) groups excluding carboxylic acids is 1. The molecule has 2 aliphatic heterocycles. The van der Waals surface area contributed by atoms with Crippen LogP contribution in [0.2, 0.25) is 0 Å². The summed E-state index contributed by atoms with van der Waals surface area (Å²) >= 11 is 0. The molecule has 1 amide bonds. The van der Waals surface area contributed by atoms with Gasteiger partial charge in [-0.05, 0) is 38.8 Å². The third-order valence-electron chi connectivity index (χ3n) is 4.55. The zero-order chi connectivity index (χ0) is 13.9. The summed E-state index contributed by atoms with van der Waals surface area (Å²) in [5, 5.41) is 3.01. The van der Waals surface area contributed by atoms with Gasteiger partial charge in [-0.15, -0.1) is 12.4 Å². The van der Waals surface area contributed by atoms with Gasteiger partial charge in [0, 0.05) is 24.1 Å². The van der Waals surface area contributed by atoms with Crippen LogP contribution in [-0.2, 0) is 16.6 Å². The highest BCUT2D eigenvalue weighted by atomic mass is 35.5. The Morgan fingerprint density at radius 3 is 2.60 bits per heavy atom. The first-order valence-corrected chi connectivity index (χ1v) is 6.72. The molecule has 4 nitrogen and oxygen atoms in total. The number of nitrogens with one attached hydrogen (secondary N) is 1. The van der Waals surface area contributed by atoms with Gasteiger partial charge < -0.3 is 15.8 Å². The predicted octanol–water partition coefficient (Wildman–Crippen LogP) is 2.22. The lowest BCUT2D eigenvalue weighted by Crippen LogP contribution is -2.28. The summed E-state index contributed by atoms with van der Waals surface area (Å²) in [7, 11) is 0. The summed E-state index contributed by atoms with van der Waals surface area (Å²) < 4.78 is 6.00. The number of carbonyl (C=O) groups is 1. The molecule has 0 spiro atoms. The molecule has 3 rings (SSSR count). The number of rotatable bonds is 1. The lowest BCUT2D eigenvalue weighted by Gasteiger charge is -2.20. The fourth-order valence-corrected chi connectivity index (χ4v) is 3.12. The number of ether oxygens (including phenoxy) is 1. The van der Waals surface area contributed by atoms with Crippen LogP contribution in [0.5, 0.6) is 5.75 Å². The predicted molar refractivity (Wildman–Crippen MR) is 82.0 cm³/mol. The van der Waals surface area contributed by atoms with Crippen molar-refractivity contribution in [3.05, 3.63) is 22.3 Å². The van der Waals surface area contributed by atoms with E-state index in [2.05, 4.69) is 19.2 Å². The average molecular weight is 297 g/mol. The topological polar surface area (TPSA) is 64.3 Å². The first kappa shape index (κ1) is 15.1. The summed E-state index contributed by atoms with van der Waals surface area (Å²) in [6.45, 7) is 8.55. The van der Waals surface area contributed by atoms with E-state index >= 15 is 0 Å². The maximum atomic E-state index is 12.2. The van der Waals surface area contributed by atoms with Crippen LogP contribution in [0.15, 0.2) is 0 Å². The average Bonchev–Trinajstić information content (AvgIpc) is 2.87. The molecule has 2 aliphatic rings. The summed E-state index contributed by atoms with van der Waals surface area (Å²) in [4.78, 5) is 12.2. The van der Waals surface area contributed by atoms with Crippen LogP contribution >= 0.6 is 12.4 Å². The number of nitrogens with two attached hydrogens (primary N) is 1. The van der Waals surface area contributed by atoms with Crippen molar-refractivity contribution in [3.8, 4) is 5.75 Å². The molecular formula is C15H21ClN2O2. The van der Waals surface area contributed by atoms with Crippen molar-refractivity contribution in [2.45, 2.75) is 45.6 Å². The Labute approximate surface area is 125 Å². The van der Waals surface area contributed by atoms with Gasteiger partial charge >= 0.3 is 0 Å². The standard InChI is InChI=1S/C15H20N2O2.ClH/c1-7-8(2)12-11(15(3,4)14(18)17-12)13-10(7)5-9(6-16)19-13;/h9H,5-6,16H2,1-4H3,(H,17,18);1H. The lowest BCUT2D eigenvalue weighted by atomic mass is 9.82. The smallest absolute Gasteiger partial charge is 0.234 e. The molecule has 0 fully saturated rings. The van der Waals surface area contributed by atoms with Crippen molar-refractivity contribution < 1.29 is 9.53 Å². The lowest BCUT2D eigenvalue weighted by molar-refractivity contribution is -0.119. The Balaban J connectivity index is 0.00000147. The molecule has 0 saturated carbocycles. The van der Waals surface area contributed by atoms with Gasteiger partial charge in [-0.1, -0.05) is 0 Å². The fraction of sp³-hybridized carbons (Fsp3) is 0.533. The van der Waals surface area contributed by atoms with Crippen molar-refractivity contribution in [2.24, 2.45) is 5.73 Å². The van der Waals surface area contributed by atoms with Gasteiger partial charge in [-0.25, -0.2) is 0 Å². The normalized spacial score (nSPS) is 21.6. The molecule has 110 valence electrons. The first-order chi connectivity index (χ1) is 8.87. The number of amides is 1. The molecule has 3 N–H and O–H groups in total. The van der Waals surface area contributed by atoms with Gasteiger partial charge in [0.1, 0.15) is 11.9 Å². The molecule has 1 unspecified atom stereocenters. The molecule has 20 heavy (non-hydrogen) atoms. The largest absolute Gasteiger partial charge is 0.488 e. The quantitative estimate of drug-likeness (QED) is 0.835. The highest BCUT2D eigenvalue weighted by Gasteiger charge is 2.45. The van der Waals surface area contributed by atoms with E-state index in [1.54, 1.807) is 0 Å². The summed E-state index contributed by atoms with van der Waals surface area (Å²) in [6, 6.07) is 0. The maximum Gasteiger partial charge on any atom is 0.234 e. The van der Waals surface area contributed by atoms with E-state index in [9.17, 15) is 4.79 Å². The van der Waals surface area contributed by atoms with Crippen molar-refractivity contribution in [1.82, 2.24) is 0 Å². The molecule has 0 aromatic heterocycles. The van der Waals surface area contributed by atoms with Gasteiger partial charge in [0.25, 0.3) is 0 Å². The van der Waals surface area contributed by atoms with E-state index in [0.717, 1.165) is 29.0 Å². The van der Waals surface area contributed by atoms with Gasteiger partial charge in [-0.2, -0.15) is 0 Å². The molecule has 2 heterocycles. The Morgan fingerprint density at radius 1 is 1.35 bits per heavy atom. The van der Waals surface area contributed by atoms with Crippen LogP contribution in [-0.4, -0.2) is 18.6 Å². The van der Waals surface area contributed by atoms with E-state index in [1.807, 2.05) is 13.8 Å². The van der Waals surface area contributed by atoms with Crippen molar-refractivity contribution in [3.63, 3.8) is 0 Å². The number of fused-ring (bicyclic) bond motifs is 3. The zero-order valence-electron chi connectivity index (χ0n) is 12.3. The Morgan fingerprint density at radius 2 is 2.00 bits per heavy atom. The van der Waals surface area contributed by atoms with Crippen LogP contribution in [0.1, 0.15) is 36.1 Å². The molecule has 1 atom stereocenters. The molecule has 0 aliphatic carbocycles. The van der Waals surface area contributed by atoms with Crippen LogP contribution in [0, 0.1) is 13.8 Å². The van der Waals surface area contributed by atoms with Gasteiger partial charge in [0.2, 0.25) is 5.91 Å². The van der Waals surface area contributed by atoms with Gasteiger partial charge in [-0.3, -0.25) is 4.79 Å². The monoisotopic (exact) mass is 296 g/mol. The summed E-state index contributed by atoms with van der Waals surface area (Å²) in [6.07, 6.45) is 0.877. The van der Waals surface area contributed by atoms with Crippen LogP contribution in [0.25, 0.3) is 0 Å². The highest BCUT2D eigenvalue weighted by molar-refractivity contribution is 6.08. The Kier molecular flexibility index (Phi) is 3.51. The molecule has 0 radical (unpaired) electrons. The number of halogens is 1. The minimum absolute atomic E-state index is 0. The molecule has 1 aromatic rings. The molecule has 1 aromatic carbocycles. The van der Waals surface area contributed by atoms with Crippen molar-refractivity contribution in [1.29, 1.82) is 0 Å². The molecular weight excluding hydrogens is 276 g/mol. The van der Waals surface area contributed by atoms with Crippen molar-refractivity contribution in [2.75, 3.05) is 11.9 Å². The number of benzene rings is 1. The number of hydrogen-bond donors (Lipinski definition) is 2. The Bertz CT molecular complexity index is 596. The second kappa shape index (κ2) is 4.64. The van der Waals surface area contributed by atoms with Crippen molar-refractivity contribution >= 4 is 24.0 Å². The third-order valence-corrected chi connectivity index (χ3v) is 4.55. The van der Waals surface area contributed by atoms with E-state index in [0.29, 0.717) is 6.54 Å². The molecule has 0 saturated heterocycles. The third kappa shape index (κ3) is 1.75.